The summed E-state index contributed by atoms with van der Waals surface area (Å²) in [6.45, 7) is 5.46. The van der Waals surface area contributed by atoms with E-state index in [9.17, 15) is 9.18 Å². The predicted octanol–water partition coefficient (Wildman–Crippen LogP) is 3.56. The van der Waals surface area contributed by atoms with E-state index in [1.165, 1.54) is 6.07 Å². The van der Waals surface area contributed by atoms with Gasteiger partial charge >= 0.3 is 6.09 Å². The molecular weight excluding hydrogens is 297 g/mol. The summed E-state index contributed by atoms with van der Waals surface area (Å²) in [5.74, 6) is -0.529. The summed E-state index contributed by atoms with van der Waals surface area (Å²) in [6.07, 6.45) is 1.93. The Morgan fingerprint density at radius 2 is 2.04 bits per heavy atom. The standard InChI is InChI=1S/C17H22FN3O2/c1-17(2,3)23-16(22)21-12-8-7-11(9-12)20-15-6-4-5-14(18)13(15)10-19/h4-6,11-12,20H,7-9H2,1-3H3,(H,21,22). The van der Waals surface area contributed by atoms with E-state index in [0.717, 1.165) is 12.8 Å². The van der Waals surface area contributed by atoms with E-state index >= 15 is 0 Å². The van der Waals surface area contributed by atoms with Gasteiger partial charge in [0.05, 0.1) is 5.69 Å². The number of halogens is 1. The molecule has 1 amide bonds. The normalized spacial score (nSPS) is 20.7. The lowest BCUT2D eigenvalue weighted by atomic mass is 10.1. The Morgan fingerprint density at radius 3 is 2.70 bits per heavy atom. The molecule has 23 heavy (non-hydrogen) atoms. The largest absolute Gasteiger partial charge is 0.444 e. The highest BCUT2D eigenvalue weighted by molar-refractivity contribution is 5.68. The summed E-state index contributed by atoms with van der Waals surface area (Å²) in [5.41, 5.74) is -0.00433. The summed E-state index contributed by atoms with van der Waals surface area (Å²) in [7, 11) is 0. The Balaban J connectivity index is 1.90. The van der Waals surface area contributed by atoms with Crippen molar-refractivity contribution < 1.29 is 13.9 Å². The zero-order chi connectivity index (χ0) is 17.0. The third-order valence-electron chi connectivity index (χ3n) is 3.64. The fourth-order valence-corrected chi connectivity index (χ4v) is 2.70. The number of rotatable bonds is 3. The van der Waals surface area contributed by atoms with Gasteiger partial charge in [0.15, 0.2) is 0 Å². The van der Waals surface area contributed by atoms with E-state index in [-0.39, 0.29) is 17.6 Å². The third-order valence-corrected chi connectivity index (χ3v) is 3.64. The van der Waals surface area contributed by atoms with Crippen molar-refractivity contribution in [2.75, 3.05) is 5.32 Å². The van der Waals surface area contributed by atoms with E-state index in [2.05, 4.69) is 10.6 Å². The quantitative estimate of drug-likeness (QED) is 0.893. The van der Waals surface area contributed by atoms with Gasteiger partial charge in [-0.25, -0.2) is 9.18 Å². The highest BCUT2D eigenvalue weighted by Gasteiger charge is 2.28. The third kappa shape index (κ3) is 4.85. The summed E-state index contributed by atoms with van der Waals surface area (Å²) in [6, 6.07) is 6.51. The molecule has 1 aromatic rings. The van der Waals surface area contributed by atoms with Crippen LogP contribution in [0.5, 0.6) is 0 Å². The van der Waals surface area contributed by atoms with Crippen LogP contribution in [-0.4, -0.2) is 23.8 Å². The summed E-state index contributed by atoms with van der Waals surface area (Å²) in [4.78, 5) is 11.8. The van der Waals surface area contributed by atoms with Crippen molar-refractivity contribution in [2.45, 2.75) is 57.7 Å². The minimum absolute atomic E-state index is 0.0152. The van der Waals surface area contributed by atoms with Gasteiger partial charge in [-0.1, -0.05) is 6.07 Å². The Hall–Kier alpha value is -2.29. The number of anilines is 1. The fraction of sp³-hybridized carbons (Fsp3) is 0.529. The molecular formula is C17H22FN3O2. The number of amides is 1. The molecule has 5 nitrogen and oxygen atoms in total. The van der Waals surface area contributed by atoms with E-state index in [1.54, 1.807) is 12.1 Å². The second-order valence-corrected chi connectivity index (χ2v) is 6.77. The predicted molar refractivity (Wildman–Crippen MR) is 85.5 cm³/mol. The van der Waals surface area contributed by atoms with Crippen molar-refractivity contribution in [2.24, 2.45) is 0 Å². The molecule has 0 radical (unpaired) electrons. The van der Waals surface area contributed by atoms with Gasteiger partial charge in [-0.2, -0.15) is 5.26 Å². The molecule has 1 aromatic carbocycles. The van der Waals surface area contributed by atoms with Gasteiger partial charge in [0.1, 0.15) is 23.1 Å². The lowest BCUT2D eigenvalue weighted by molar-refractivity contribution is 0.0505. The lowest BCUT2D eigenvalue weighted by Gasteiger charge is -2.22. The van der Waals surface area contributed by atoms with Crippen LogP contribution in [0.4, 0.5) is 14.9 Å². The van der Waals surface area contributed by atoms with Crippen molar-refractivity contribution >= 4 is 11.8 Å². The van der Waals surface area contributed by atoms with Crippen LogP contribution in [-0.2, 0) is 4.74 Å². The van der Waals surface area contributed by atoms with E-state index in [4.69, 9.17) is 10.00 Å². The number of ether oxygens (including phenoxy) is 1. The zero-order valence-electron chi connectivity index (χ0n) is 13.6. The lowest BCUT2D eigenvalue weighted by Crippen LogP contribution is -2.38. The minimum atomic E-state index is -0.529. The van der Waals surface area contributed by atoms with Crippen molar-refractivity contribution in [3.8, 4) is 6.07 Å². The molecule has 1 saturated carbocycles. The van der Waals surface area contributed by atoms with E-state index in [1.807, 2.05) is 26.8 Å². The molecule has 1 aliphatic carbocycles. The first-order chi connectivity index (χ1) is 10.8. The summed E-state index contributed by atoms with van der Waals surface area (Å²) >= 11 is 0. The molecule has 0 spiro atoms. The van der Waals surface area contributed by atoms with Gasteiger partial charge in [0, 0.05) is 12.1 Å². The number of nitrogens with zero attached hydrogens (tertiary/aromatic N) is 1. The zero-order valence-corrected chi connectivity index (χ0v) is 13.6. The molecule has 1 aliphatic rings. The summed E-state index contributed by atoms with van der Waals surface area (Å²) in [5, 5.41) is 15.1. The molecule has 2 atom stereocenters. The number of hydrogen-bond donors (Lipinski definition) is 2. The number of nitrogens with one attached hydrogen (secondary N) is 2. The first kappa shape index (κ1) is 17.1. The van der Waals surface area contributed by atoms with Crippen molar-refractivity contribution in [3.63, 3.8) is 0 Å². The number of alkyl carbamates (subject to hydrolysis) is 1. The number of carbonyl (C=O) groups is 1. The first-order valence-corrected chi connectivity index (χ1v) is 7.73. The average molecular weight is 319 g/mol. The SMILES string of the molecule is CC(C)(C)OC(=O)NC1CCC(Nc2cccc(F)c2C#N)C1. The Labute approximate surface area is 135 Å². The molecule has 0 aliphatic heterocycles. The van der Waals surface area contributed by atoms with Crippen molar-refractivity contribution in [3.05, 3.63) is 29.6 Å². The number of benzene rings is 1. The van der Waals surface area contributed by atoms with Crippen LogP contribution in [0.15, 0.2) is 18.2 Å². The molecule has 0 aromatic heterocycles. The van der Waals surface area contributed by atoms with Crippen LogP contribution >= 0.6 is 0 Å². The topological polar surface area (TPSA) is 74.2 Å². The van der Waals surface area contributed by atoms with Crippen LogP contribution in [0, 0.1) is 17.1 Å². The molecule has 0 heterocycles. The molecule has 0 saturated heterocycles. The van der Waals surface area contributed by atoms with E-state index < -0.39 is 17.5 Å². The minimum Gasteiger partial charge on any atom is -0.444 e. The maximum Gasteiger partial charge on any atom is 0.407 e. The molecule has 2 N–H and O–H groups in total. The maximum atomic E-state index is 13.6. The van der Waals surface area contributed by atoms with Crippen LogP contribution < -0.4 is 10.6 Å². The van der Waals surface area contributed by atoms with Gasteiger partial charge < -0.3 is 15.4 Å². The van der Waals surface area contributed by atoms with Crippen LogP contribution in [0.2, 0.25) is 0 Å². The van der Waals surface area contributed by atoms with Gasteiger partial charge in [-0.05, 0) is 52.2 Å². The first-order valence-electron chi connectivity index (χ1n) is 7.73. The second kappa shape index (κ2) is 6.86. The van der Waals surface area contributed by atoms with Crippen molar-refractivity contribution in [1.82, 2.24) is 5.32 Å². The fourth-order valence-electron chi connectivity index (χ4n) is 2.70. The molecule has 124 valence electrons. The van der Waals surface area contributed by atoms with Crippen LogP contribution in [0.25, 0.3) is 0 Å². The molecule has 1 fully saturated rings. The van der Waals surface area contributed by atoms with Gasteiger partial charge in [-0.15, -0.1) is 0 Å². The molecule has 2 rings (SSSR count). The van der Waals surface area contributed by atoms with Gasteiger partial charge in [-0.3, -0.25) is 0 Å². The van der Waals surface area contributed by atoms with Crippen LogP contribution in [0.3, 0.4) is 0 Å². The second-order valence-electron chi connectivity index (χ2n) is 6.77. The van der Waals surface area contributed by atoms with Crippen molar-refractivity contribution in [1.29, 1.82) is 5.26 Å². The maximum absolute atomic E-state index is 13.6. The molecule has 0 bridgehead atoms. The van der Waals surface area contributed by atoms with E-state index in [0.29, 0.717) is 12.1 Å². The number of hydrogen-bond acceptors (Lipinski definition) is 4. The van der Waals surface area contributed by atoms with Crippen LogP contribution in [0.1, 0.15) is 45.6 Å². The number of carbonyl (C=O) groups excluding carboxylic acids is 1. The van der Waals surface area contributed by atoms with Gasteiger partial charge in [0.25, 0.3) is 0 Å². The Kier molecular flexibility index (Phi) is 5.09. The smallest absolute Gasteiger partial charge is 0.407 e. The number of nitriles is 1. The molecule has 2 unspecified atom stereocenters. The average Bonchev–Trinajstić information content (AvgIpc) is 2.84. The van der Waals surface area contributed by atoms with Gasteiger partial charge in [0.2, 0.25) is 0 Å². The monoisotopic (exact) mass is 319 g/mol. The molecule has 6 heteroatoms. The highest BCUT2D eigenvalue weighted by Crippen LogP contribution is 2.26. The highest BCUT2D eigenvalue weighted by atomic mass is 19.1. The Morgan fingerprint density at radius 1 is 1.35 bits per heavy atom. The summed E-state index contributed by atoms with van der Waals surface area (Å²) < 4.78 is 18.8. The Bertz CT molecular complexity index is 619.